The van der Waals surface area contributed by atoms with Crippen molar-refractivity contribution in [2.45, 2.75) is 19.4 Å². The highest BCUT2D eigenvalue weighted by atomic mass is 32.1. The van der Waals surface area contributed by atoms with Crippen LogP contribution in [0.2, 0.25) is 0 Å². The Bertz CT molecular complexity index is 712. The number of amides is 3. The molecule has 0 spiro atoms. The summed E-state index contributed by atoms with van der Waals surface area (Å²) in [4.78, 5) is 35.0. The predicted octanol–water partition coefficient (Wildman–Crippen LogP) is 1.93. The van der Waals surface area contributed by atoms with Gasteiger partial charge in [0, 0.05) is 43.1 Å². The van der Waals surface area contributed by atoms with Gasteiger partial charge < -0.3 is 16.0 Å². The number of benzene rings is 1. The molecule has 3 amide bonds. The first-order chi connectivity index (χ1) is 12.1. The van der Waals surface area contributed by atoms with E-state index in [1.54, 1.807) is 30.6 Å². The first-order valence-corrected chi connectivity index (χ1v) is 8.92. The minimum absolute atomic E-state index is 0.0693. The molecule has 2 aromatic rings. The van der Waals surface area contributed by atoms with Gasteiger partial charge in [0.05, 0.1) is 0 Å². The summed E-state index contributed by atoms with van der Waals surface area (Å²) in [7, 11) is 1.58. The van der Waals surface area contributed by atoms with Crippen LogP contribution in [0.4, 0.5) is 0 Å². The molecule has 0 unspecified atom stereocenters. The van der Waals surface area contributed by atoms with Crippen molar-refractivity contribution in [1.29, 1.82) is 0 Å². The molecule has 6 nitrogen and oxygen atoms in total. The van der Waals surface area contributed by atoms with E-state index in [9.17, 15) is 14.4 Å². The summed E-state index contributed by atoms with van der Waals surface area (Å²) < 4.78 is 0. The fourth-order valence-electron chi connectivity index (χ4n) is 2.15. The third-order valence-electron chi connectivity index (χ3n) is 3.58. The summed E-state index contributed by atoms with van der Waals surface area (Å²) in [6, 6.07) is 8.83. The van der Waals surface area contributed by atoms with Crippen molar-refractivity contribution < 1.29 is 14.4 Å². The van der Waals surface area contributed by atoms with Crippen LogP contribution in [0.5, 0.6) is 0 Å². The van der Waals surface area contributed by atoms with Crippen LogP contribution >= 0.6 is 11.3 Å². The number of carbonyl (C=O) groups is 3. The van der Waals surface area contributed by atoms with Gasteiger partial charge in [-0.3, -0.25) is 14.4 Å². The van der Waals surface area contributed by atoms with Crippen molar-refractivity contribution >= 4 is 29.1 Å². The van der Waals surface area contributed by atoms with E-state index in [1.165, 1.54) is 11.3 Å². The maximum absolute atomic E-state index is 11.8. The second-order valence-electron chi connectivity index (χ2n) is 5.42. The molecular formula is C18H21N3O3S. The number of rotatable bonds is 8. The molecule has 1 heterocycles. The van der Waals surface area contributed by atoms with E-state index in [0.717, 1.165) is 5.56 Å². The van der Waals surface area contributed by atoms with Crippen LogP contribution in [0.25, 0.3) is 0 Å². The Morgan fingerprint density at radius 1 is 0.960 bits per heavy atom. The average Bonchev–Trinajstić information content (AvgIpc) is 3.18. The quantitative estimate of drug-likeness (QED) is 0.630. The van der Waals surface area contributed by atoms with Gasteiger partial charge in [0.25, 0.3) is 11.8 Å². The molecule has 3 N–H and O–H groups in total. The van der Waals surface area contributed by atoms with E-state index in [0.29, 0.717) is 37.1 Å². The van der Waals surface area contributed by atoms with Crippen LogP contribution in [0.3, 0.4) is 0 Å². The predicted molar refractivity (Wildman–Crippen MR) is 97.6 cm³/mol. The summed E-state index contributed by atoms with van der Waals surface area (Å²) in [5, 5.41) is 11.8. The van der Waals surface area contributed by atoms with Crippen molar-refractivity contribution in [2.75, 3.05) is 13.6 Å². The summed E-state index contributed by atoms with van der Waals surface area (Å²) in [6.07, 6.45) is 0.928. The smallest absolute Gasteiger partial charge is 0.252 e. The zero-order valence-corrected chi connectivity index (χ0v) is 14.8. The second-order valence-corrected chi connectivity index (χ2v) is 6.20. The molecule has 0 radical (unpaired) electrons. The highest BCUT2D eigenvalue weighted by molar-refractivity contribution is 7.08. The molecule has 2 rings (SSSR count). The van der Waals surface area contributed by atoms with Crippen molar-refractivity contribution in [3.63, 3.8) is 0 Å². The molecule has 0 aliphatic rings. The summed E-state index contributed by atoms with van der Waals surface area (Å²) >= 11 is 1.47. The topological polar surface area (TPSA) is 87.3 Å². The molecule has 0 aliphatic carbocycles. The van der Waals surface area contributed by atoms with E-state index >= 15 is 0 Å². The molecule has 0 bridgehead atoms. The van der Waals surface area contributed by atoms with Gasteiger partial charge in [-0.05, 0) is 35.6 Å². The highest BCUT2D eigenvalue weighted by Crippen LogP contribution is 2.06. The lowest BCUT2D eigenvalue weighted by atomic mass is 10.1. The Balaban J connectivity index is 1.63. The molecule has 0 saturated heterocycles. The largest absolute Gasteiger partial charge is 0.355 e. The molecule has 7 heteroatoms. The Morgan fingerprint density at radius 2 is 1.72 bits per heavy atom. The van der Waals surface area contributed by atoms with Crippen LogP contribution in [-0.4, -0.2) is 31.3 Å². The van der Waals surface area contributed by atoms with Gasteiger partial charge in [-0.15, -0.1) is 0 Å². The zero-order valence-electron chi connectivity index (χ0n) is 14.0. The van der Waals surface area contributed by atoms with Crippen molar-refractivity contribution in [3.05, 3.63) is 57.8 Å². The summed E-state index contributed by atoms with van der Waals surface area (Å²) in [6.45, 7) is 0.872. The van der Waals surface area contributed by atoms with Gasteiger partial charge in [-0.1, -0.05) is 12.1 Å². The fourth-order valence-corrected chi connectivity index (χ4v) is 2.79. The van der Waals surface area contributed by atoms with Gasteiger partial charge in [0.2, 0.25) is 5.91 Å². The SMILES string of the molecule is CNC(=O)c1ccc(CNC(=O)CCCNC(=O)c2ccsc2)cc1. The van der Waals surface area contributed by atoms with Crippen LogP contribution in [0, 0.1) is 0 Å². The lowest BCUT2D eigenvalue weighted by molar-refractivity contribution is -0.121. The van der Waals surface area contributed by atoms with E-state index < -0.39 is 0 Å². The van der Waals surface area contributed by atoms with Crippen LogP contribution in [0.15, 0.2) is 41.1 Å². The number of carbonyl (C=O) groups excluding carboxylic acids is 3. The molecule has 0 fully saturated rings. The Hall–Kier alpha value is -2.67. The fraction of sp³-hybridized carbons (Fsp3) is 0.278. The van der Waals surface area contributed by atoms with Crippen LogP contribution in [-0.2, 0) is 11.3 Å². The molecule has 1 aromatic carbocycles. The van der Waals surface area contributed by atoms with E-state index in [4.69, 9.17) is 0 Å². The van der Waals surface area contributed by atoms with Crippen molar-refractivity contribution in [3.8, 4) is 0 Å². The Labute approximate surface area is 150 Å². The van der Waals surface area contributed by atoms with Crippen LogP contribution in [0.1, 0.15) is 39.1 Å². The number of nitrogens with one attached hydrogen (secondary N) is 3. The van der Waals surface area contributed by atoms with Gasteiger partial charge in [0.15, 0.2) is 0 Å². The van der Waals surface area contributed by atoms with E-state index in [1.807, 2.05) is 17.5 Å². The third-order valence-corrected chi connectivity index (χ3v) is 4.27. The lowest BCUT2D eigenvalue weighted by Gasteiger charge is -2.07. The average molecular weight is 359 g/mol. The molecule has 132 valence electrons. The first-order valence-electron chi connectivity index (χ1n) is 7.98. The van der Waals surface area contributed by atoms with Gasteiger partial charge >= 0.3 is 0 Å². The number of hydrogen-bond acceptors (Lipinski definition) is 4. The van der Waals surface area contributed by atoms with Gasteiger partial charge in [-0.25, -0.2) is 0 Å². The Kier molecular flexibility index (Phi) is 7.16. The summed E-state index contributed by atoms with van der Waals surface area (Å²) in [5.74, 6) is -0.321. The van der Waals surface area contributed by atoms with Crippen molar-refractivity contribution in [1.82, 2.24) is 16.0 Å². The third kappa shape index (κ3) is 6.04. The van der Waals surface area contributed by atoms with Gasteiger partial charge in [0.1, 0.15) is 0 Å². The number of hydrogen-bond donors (Lipinski definition) is 3. The molecule has 25 heavy (non-hydrogen) atoms. The van der Waals surface area contributed by atoms with E-state index in [2.05, 4.69) is 16.0 Å². The first kappa shape index (κ1) is 18.7. The molecule has 0 saturated carbocycles. The normalized spacial score (nSPS) is 10.1. The van der Waals surface area contributed by atoms with Crippen LogP contribution < -0.4 is 16.0 Å². The second kappa shape index (κ2) is 9.58. The van der Waals surface area contributed by atoms with E-state index in [-0.39, 0.29) is 17.7 Å². The molecule has 0 atom stereocenters. The molecule has 0 aliphatic heterocycles. The monoisotopic (exact) mass is 359 g/mol. The zero-order chi connectivity index (χ0) is 18.1. The highest BCUT2D eigenvalue weighted by Gasteiger charge is 2.06. The molecule has 1 aromatic heterocycles. The molecular weight excluding hydrogens is 338 g/mol. The minimum Gasteiger partial charge on any atom is -0.355 e. The standard InChI is InChI=1S/C18H21N3O3S/c1-19-17(23)14-6-4-13(5-7-14)11-21-16(22)3-2-9-20-18(24)15-8-10-25-12-15/h4-8,10,12H,2-3,9,11H2,1H3,(H,19,23)(H,20,24)(H,21,22). The maximum Gasteiger partial charge on any atom is 0.252 e. The Morgan fingerprint density at radius 3 is 2.36 bits per heavy atom. The maximum atomic E-state index is 11.8. The number of thiophene rings is 1. The van der Waals surface area contributed by atoms with Gasteiger partial charge in [-0.2, -0.15) is 11.3 Å². The van der Waals surface area contributed by atoms with Crippen molar-refractivity contribution in [2.24, 2.45) is 0 Å². The lowest BCUT2D eigenvalue weighted by Crippen LogP contribution is -2.27. The summed E-state index contributed by atoms with van der Waals surface area (Å²) in [5.41, 5.74) is 2.15. The minimum atomic E-state index is -0.139.